The summed E-state index contributed by atoms with van der Waals surface area (Å²) in [5.74, 6) is 0.406. The summed E-state index contributed by atoms with van der Waals surface area (Å²) in [4.78, 5) is 3.95. The second-order valence-corrected chi connectivity index (χ2v) is 7.14. The maximum absolute atomic E-state index is 11.8. The minimum atomic E-state index is -3.35. The number of sulfonamides is 1. The second kappa shape index (κ2) is 4.79. The van der Waals surface area contributed by atoms with E-state index >= 15 is 0 Å². The van der Waals surface area contributed by atoms with Gasteiger partial charge in [-0.1, -0.05) is 0 Å². The molecule has 0 spiro atoms. The van der Waals surface area contributed by atoms with Crippen molar-refractivity contribution in [2.45, 2.75) is 17.6 Å². The summed E-state index contributed by atoms with van der Waals surface area (Å²) < 4.78 is 26.6. The molecule has 1 unspecified atom stereocenters. The fourth-order valence-corrected chi connectivity index (χ4v) is 3.92. The number of thiazole rings is 1. The van der Waals surface area contributed by atoms with Crippen molar-refractivity contribution < 1.29 is 8.42 Å². The molecule has 2 heterocycles. The van der Waals surface area contributed by atoms with Crippen LogP contribution in [0.4, 0.5) is 0 Å². The first-order chi connectivity index (χ1) is 7.58. The van der Waals surface area contributed by atoms with Crippen LogP contribution in [0.15, 0.2) is 10.4 Å². The van der Waals surface area contributed by atoms with Crippen molar-refractivity contribution >= 4 is 21.4 Å². The van der Waals surface area contributed by atoms with Crippen LogP contribution in [-0.2, 0) is 10.0 Å². The van der Waals surface area contributed by atoms with E-state index in [4.69, 9.17) is 0 Å². The number of aryl methyl sites for hydroxylation is 1. The second-order valence-electron chi connectivity index (χ2n) is 3.91. The van der Waals surface area contributed by atoms with Crippen molar-refractivity contribution in [3.8, 4) is 0 Å². The van der Waals surface area contributed by atoms with Crippen LogP contribution >= 0.6 is 11.3 Å². The van der Waals surface area contributed by atoms with Crippen molar-refractivity contribution in [2.75, 3.05) is 19.6 Å². The summed E-state index contributed by atoms with van der Waals surface area (Å²) in [6.07, 6.45) is 2.44. The Hall–Kier alpha value is -0.500. The zero-order valence-electron chi connectivity index (χ0n) is 9.06. The van der Waals surface area contributed by atoms with Gasteiger partial charge in [0.1, 0.15) is 0 Å². The predicted molar refractivity (Wildman–Crippen MR) is 63.0 cm³/mol. The maximum atomic E-state index is 11.8. The molecular weight excluding hydrogens is 246 g/mol. The largest absolute Gasteiger partial charge is 0.316 e. The third kappa shape index (κ3) is 2.79. The number of rotatable bonds is 4. The van der Waals surface area contributed by atoms with Crippen LogP contribution in [-0.4, -0.2) is 33.0 Å². The van der Waals surface area contributed by atoms with Gasteiger partial charge in [-0.15, -0.1) is 11.3 Å². The molecule has 0 aliphatic carbocycles. The van der Waals surface area contributed by atoms with Crippen LogP contribution in [0.5, 0.6) is 0 Å². The Morgan fingerprint density at radius 3 is 3.06 bits per heavy atom. The summed E-state index contributed by atoms with van der Waals surface area (Å²) in [7, 11) is -3.35. The van der Waals surface area contributed by atoms with Gasteiger partial charge >= 0.3 is 0 Å². The standard InChI is InChI=1S/C9H15N3O2S2/c1-7-11-6-9(15-7)16(13,14)12-5-8-2-3-10-4-8/h6,8,10,12H,2-5H2,1H3. The summed E-state index contributed by atoms with van der Waals surface area (Å²) >= 11 is 1.20. The fraction of sp³-hybridized carbons (Fsp3) is 0.667. The monoisotopic (exact) mass is 261 g/mol. The lowest BCUT2D eigenvalue weighted by molar-refractivity contribution is 0.540. The van der Waals surface area contributed by atoms with Gasteiger partial charge in [0.15, 0.2) is 4.21 Å². The molecule has 2 rings (SSSR count). The maximum Gasteiger partial charge on any atom is 0.251 e. The van der Waals surface area contributed by atoms with E-state index in [1.807, 2.05) is 0 Å². The van der Waals surface area contributed by atoms with Crippen LogP contribution < -0.4 is 10.0 Å². The lowest BCUT2D eigenvalue weighted by atomic mass is 10.1. The number of hydrogen-bond acceptors (Lipinski definition) is 5. The van der Waals surface area contributed by atoms with Crippen LogP contribution in [0, 0.1) is 12.8 Å². The number of hydrogen-bond donors (Lipinski definition) is 2. The molecule has 0 bridgehead atoms. The lowest BCUT2D eigenvalue weighted by Crippen LogP contribution is -2.29. The fourth-order valence-electron chi connectivity index (χ4n) is 1.65. The van der Waals surface area contributed by atoms with Gasteiger partial charge in [0.05, 0.1) is 11.2 Å². The van der Waals surface area contributed by atoms with Gasteiger partial charge in [-0.05, 0) is 32.4 Å². The molecule has 1 aliphatic rings. The SMILES string of the molecule is Cc1ncc(S(=O)(=O)NCC2CCNC2)s1. The zero-order chi connectivity index (χ0) is 11.6. The number of nitrogens with zero attached hydrogens (tertiary/aromatic N) is 1. The van der Waals surface area contributed by atoms with Crippen LogP contribution in [0.3, 0.4) is 0 Å². The van der Waals surface area contributed by atoms with Crippen LogP contribution in [0.2, 0.25) is 0 Å². The van der Waals surface area contributed by atoms with Crippen molar-refractivity contribution in [3.05, 3.63) is 11.2 Å². The molecule has 16 heavy (non-hydrogen) atoms. The van der Waals surface area contributed by atoms with E-state index in [1.54, 1.807) is 6.92 Å². The van der Waals surface area contributed by atoms with E-state index in [1.165, 1.54) is 17.5 Å². The smallest absolute Gasteiger partial charge is 0.251 e. The summed E-state index contributed by atoms with van der Waals surface area (Å²) in [5, 5.41) is 3.97. The third-order valence-electron chi connectivity index (χ3n) is 2.59. The summed E-state index contributed by atoms with van der Waals surface area (Å²) in [6.45, 7) is 4.17. The first kappa shape index (κ1) is 12.0. The molecule has 1 atom stereocenters. The molecule has 1 aromatic heterocycles. The van der Waals surface area contributed by atoms with Crippen molar-refractivity contribution in [1.29, 1.82) is 0 Å². The molecular formula is C9H15N3O2S2. The zero-order valence-corrected chi connectivity index (χ0v) is 10.7. The molecule has 0 aromatic carbocycles. The quantitative estimate of drug-likeness (QED) is 0.820. The Bertz CT molecular complexity index is 449. The highest BCUT2D eigenvalue weighted by Crippen LogP contribution is 2.18. The molecule has 1 aliphatic heterocycles. The van der Waals surface area contributed by atoms with Crippen molar-refractivity contribution in [3.63, 3.8) is 0 Å². The minimum Gasteiger partial charge on any atom is -0.316 e. The third-order valence-corrected chi connectivity index (χ3v) is 5.39. The van der Waals surface area contributed by atoms with Crippen molar-refractivity contribution in [2.24, 2.45) is 5.92 Å². The van der Waals surface area contributed by atoms with E-state index in [0.29, 0.717) is 16.7 Å². The van der Waals surface area contributed by atoms with Gasteiger partial charge < -0.3 is 5.32 Å². The number of aromatic nitrogens is 1. The Kier molecular flexibility index (Phi) is 3.58. The molecule has 90 valence electrons. The van der Waals surface area contributed by atoms with E-state index < -0.39 is 10.0 Å². The molecule has 0 amide bonds. The van der Waals surface area contributed by atoms with Crippen molar-refractivity contribution in [1.82, 2.24) is 15.0 Å². The summed E-state index contributed by atoms with van der Waals surface area (Å²) in [5.41, 5.74) is 0. The molecule has 2 N–H and O–H groups in total. The Balaban J connectivity index is 1.97. The molecule has 1 fully saturated rings. The highest BCUT2D eigenvalue weighted by molar-refractivity contribution is 7.91. The molecule has 1 saturated heterocycles. The van der Waals surface area contributed by atoms with Gasteiger partial charge in [0.2, 0.25) is 0 Å². The minimum absolute atomic E-state index is 0.302. The molecule has 5 nitrogen and oxygen atoms in total. The summed E-state index contributed by atoms with van der Waals surface area (Å²) in [6, 6.07) is 0. The van der Waals surface area contributed by atoms with Gasteiger partial charge in [-0.3, -0.25) is 0 Å². The predicted octanol–water partition coefficient (Wildman–Crippen LogP) is 0.339. The first-order valence-corrected chi connectivity index (χ1v) is 7.51. The highest BCUT2D eigenvalue weighted by Gasteiger charge is 2.20. The van der Waals surface area contributed by atoms with Gasteiger partial charge in [0.25, 0.3) is 10.0 Å². The van der Waals surface area contributed by atoms with E-state index in [2.05, 4.69) is 15.0 Å². The molecule has 0 radical (unpaired) electrons. The Morgan fingerprint density at radius 1 is 1.69 bits per heavy atom. The van der Waals surface area contributed by atoms with E-state index in [9.17, 15) is 8.42 Å². The van der Waals surface area contributed by atoms with Gasteiger partial charge in [0, 0.05) is 6.54 Å². The molecule has 7 heteroatoms. The lowest BCUT2D eigenvalue weighted by Gasteiger charge is -2.09. The topological polar surface area (TPSA) is 71.1 Å². The van der Waals surface area contributed by atoms with E-state index in [0.717, 1.165) is 24.5 Å². The van der Waals surface area contributed by atoms with Gasteiger partial charge in [-0.25, -0.2) is 18.1 Å². The average molecular weight is 261 g/mol. The Morgan fingerprint density at radius 2 is 2.50 bits per heavy atom. The van der Waals surface area contributed by atoms with Crippen LogP contribution in [0.1, 0.15) is 11.4 Å². The Labute approximate surface area is 99.3 Å². The van der Waals surface area contributed by atoms with E-state index in [-0.39, 0.29) is 0 Å². The normalized spacial score (nSPS) is 21.4. The van der Waals surface area contributed by atoms with Crippen LogP contribution in [0.25, 0.3) is 0 Å². The highest BCUT2D eigenvalue weighted by atomic mass is 32.2. The average Bonchev–Trinajstić information content (AvgIpc) is 2.85. The molecule has 0 saturated carbocycles. The number of nitrogens with one attached hydrogen (secondary N) is 2. The molecule has 1 aromatic rings. The van der Waals surface area contributed by atoms with Gasteiger partial charge in [-0.2, -0.15) is 0 Å². The first-order valence-electron chi connectivity index (χ1n) is 5.21.